The van der Waals surface area contributed by atoms with Gasteiger partial charge in [0.2, 0.25) is 0 Å². The van der Waals surface area contributed by atoms with Gasteiger partial charge in [0.1, 0.15) is 17.3 Å². The third kappa shape index (κ3) is 4.42. The van der Waals surface area contributed by atoms with Gasteiger partial charge in [-0.1, -0.05) is 6.58 Å². The Hall–Kier alpha value is -4.71. The summed E-state index contributed by atoms with van der Waals surface area (Å²) in [5, 5.41) is 3.35. The third-order valence-electron chi connectivity index (χ3n) is 5.61. The van der Waals surface area contributed by atoms with Gasteiger partial charge >= 0.3 is 0 Å². The van der Waals surface area contributed by atoms with E-state index in [4.69, 9.17) is 16.2 Å². The smallest absolute Gasteiger partial charge is 0.138 e. The lowest BCUT2D eigenvalue weighted by Gasteiger charge is -2.13. The van der Waals surface area contributed by atoms with Gasteiger partial charge in [-0.3, -0.25) is 0 Å². The maximum absolute atomic E-state index is 6.02. The van der Waals surface area contributed by atoms with E-state index in [0.29, 0.717) is 5.69 Å². The number of hydrogen-bond acceptors (Lipinski definition) is 5. The van der Waals surface area contributed by atoms with Crippen molar-refractivity contribution >= 4 is 33.8 Å². The summed E-state index contributed by atoms with van der Waals surface area (Å²) in [7, 11) is 0. The number of ether oxygens (including phenoxy) is 1. The van der Waals surface area contributed by atoms with Crippen LogP contribution >= 0.6 is 0 Å². The molecule has 5 rings (SSSR count). The van der Waals surface area contributed by atoms with Crippen molar-refractivity contribution in [1.29, 1.82) is 0 Å². The van der Waals surface area contributed by atoms with E-state index in [1.165, 1.54) is 0 Å². The molecule has 1 aromatic heterocycles. The fraction of sp³-hybridized carbons (Fsp3) is 0.0357. The van der Waals surface area contributed by atoms with Gasteiger partial charge in [-0.05, 0) is 103 Å². The molecule has 0 saturated carbocycles. The van der Waals surface area contributed by atoms with E-state index >= 15 is 0 Å². The molecule has 0 atom stereocenters. The molecule has 0 bridgehead atoms. The number of nitrogens with two attached hydrogens (primary N) is 2. The molecule has 0 unspecified atom stereocenters. The van der Waals surface area contributed by atoms with Gasteiger partial charge in [0.25, 0.3) is 0 Å². The second-order valence-electron chi connectivity index (χ2n) is 8.19. The Bertz CT molecular complexity index is 1480. The van der Waals surface area contributed by atoms with Crippen LogP contribution in [0.2, 0.25) is 0 Å². The summed E-state index contributed by atoms with van der Waals surface area (Å²) in [6.45, 7) is 6.17. The molecule has 0 radical (unpaired) electrons. The van der Waals surface area contributed by atoms with Crippen LogP contribution in [0.25, 0.3) is 28.1 Å². The number of hydrogen-bond donors (Lipinski definition) is 4. The lowest BCUT2D eigenvalue weighted by atomic mass is 10.1. The standard InChI is InChI=1S/C28H25N5O/c1-17-15-21(29)7-13-25(17)31-18(2)19-3-9-23(10-4-19)34-24-11-5-20(6-12-24)28-32-26-14-8-22(30)16-27(26)33-28/h3-16,31H,2,29-30H2,1H3,(H,32,33). The number of H-pyrrole nitrogens is 1. The van der Waals surface area contributed by atoms with Crippen molar-refractivity contribution in [2.75, 3.05) is 16.8 Å². The highest BCUT2D eigenvalue weighted by Crippen LogP contribution is 2.28. The van der Waals surface area contributed by atoms with Crippen LogP contribution in [0, 0.1) is 6.92 Å². The van der Waals surface area contributed by atoms with Gasteiger partial charge in [-0.2, -0.15) is 0 Å². The lowest BCUT2D eigenvalue weighted by Crippen LogP contribution is -2.00. The number of nitrogens with zero attached hydrogens (tertiary/aromatic N) is 1. The number of aromatic nitrogens is 2. The zero-order valence-electron chi connectivity index (χ0n) is 18.8. The maximum atomic E-state index is 6.02. The zero-order chi connectivity index (χ0) is 23.7. The molecule has 1 heterocycles. The number of imidazole rings is 1. The van der Waals surface area contributed by atoms with Crippen LogP contribution in [-0.2, 0) is 0 Å². The van der Waals surface area contributed by atoms with E-state index < -0.39 is 0 Å². The lowest BCUT2D eigenvalue weighted by molar-refractivity contribution is 0.482. The molecule has 0 saturated heterocycles. The number of nitrogens with one attached hydrogen (secondary N) is 2. The van der Waals surface area contributed by atoms with Crippen molar-refractivity contribution < 1.29 is 4.74 Å². The Labute approximate surface area is 197 Å². The normalized spacial score (nSPS) is 10.9. The minimum atomic E-state index is 0.706. The first-order chi connectivity index (χ1) is 16.4. The van der Waals surface area contributed by atoms with Gasteiger partial charge in [-0.15, -0.1) is 0 Å². The second kappa shape index (κ2) is 8.67. The fourth-order valence-electron chi connectivity index (χ4n) is 3.77. The Kier molecular flexibility index (Phi) is 5.40. The van der Waals surface area contributed by atoms with Crippen LogP contribution in [0.1, 0.15) is 11.1 Å². The van der Waals surface area contributed by atoms with Crippen LogP contribution in [0.15, 0.2) is 91.5 Å². The second-order valence-corrected chi connectivity index (χ2v) is 8.19. The summed E-state index contributed by atoms with van der Waals surface area (Å²) >= 11 is 0. The number of aromatic amines is 1. The summed E-state index contributed by atoms with van der Waals surface area (Å²) in [4.78, 5) is 7.94. The molecule has 5 aromatic rings. The molecule has 0 fully saturated rings. The first-order valence-corrected chi connectivity index (χ1v) is 10.9. The topological polar surface area (TPSA) is 102 Å². The highest BCUT2D eigenvalue weighted by molar-refractivity contribution is 5.82. The molecule has 34 heavy (non-hydrogen) atoms. The average molecular weight is 448 g/mol. The molecule has 0 aliphatic carbocycles. The van der Waals surface area contributed by atoms with Gasteiger partial charge in [-0.25, -0.2) is 4.98 Å². The van der Waals surface area contributed by atoms with Crippen LogP contribution in [-0.4, -0.2) is 9.97 Å². The van der Waals surface area contributed by atoms with Crippen molar-refractivity contribution in [2.45, 2.75) is 6.92 Å². The van der Waals surface area contributed by atoms with E-state index in [2.05, 4.69) is 21.9 Å². The highest BCUT2D eigenvalue weighted by atomic mass is 16.5. The van der Waals surface area contributed by atoms with Gasteiger partial charge in [0.05, 0.1) is 11.0 Å². The monoisotopic (exact) mass is 447 g/mol. The number of fused-ring (bicyclic) bond motifs is 1. The van der Waals surface area contributed by atoms with Crippen molar-refractivity contribution in [3.05, 3.63) is 103 Å². The molecule has 168 valence electrons. The van der Waals surface area contributed by atoms with E-state index in [-0.39, 0.29) is 0 Å². The van der Waals surface area contributed by atoms with E-state index in [9.17, 15) is 0 Å². The number of rotatable bonds is 6. The predicted octanol–water partition coefficient (Wildman–Crippen LogP) is 6.58. The van der Waals surface area contributed by atoms with Gasteiger partial charge < -0.3 is 26.5 Å². The number of nitrogen functional groups attached to an aromatic ring is 2. The molecule has 0 aliphatic rings. The molecule has 4 aromatic carbocycles. The minimum absolute atomic E-state index is 0.706. The summed E-state index contributed by atoms with van der Waals surface area (Å²) in [6.07, 6.45) is 0. The summed E-state index contributed by atoms with van der Waals surface area (Å²) < 4.78 is 6.02. The summed E-state index contributed by atoms with van der Waals surface area (Å²) in [5.41, 5.74) is 19.7. The van der Waals surface area contributed by atoms with E-state index in [1.807, 2.05) is 91.9 Å². The number of aryl methyl sites for hydroxylation is 1. The highest BCUT2D eigenvalue weighted by Gasteiger charge is 2.07. The minimum Gasteiger partial charge on any atom is -0.457 e. The molecule has 6 N–H and O–H groups in total. The van der Waals surface area contributed by atoms with Crippen LogP contribution in [0.3, 0.4) is 0 Å². The van der Waals surface area contributed by atoms with Gasteiger partial charge in [0.15, 0.2) is 0 Å². The Balaban J connectivity index is 1.25. The first-order valence-electron chi connectivity index (χ1n) is 10.9. The quantitative estimate of drug-likeness (QED) is 0.220. The average Bonchev–Trinajstić information content (AvgIpc) is 3.25. The van der Waals surface area contributed by atoms with Crippen LogP contribution in [0.4, 0.5) is 17.1 Å². The fourth-order valence-corrected chi connectivity index (χ4v) is 3.77. The Morgan fingerprint density at radius 2 is 1.50 bits per heavy atom. The molecule has 6 heteroatoms. The molecule has 0 aliphatic heterocycles. The summed E-state index contributed by atoms with van der Waals surface area (Å²) in [5.74, 6) is 2.28. The van der Waals surface area contributed by atoms with Crippen LogP contribution in [0.5, 0.6) is 11.5 Å². The maximum Gasteiger partial charge on any atom is 0.138 e. The Morgan fingerprint density at radius 3 is 2.21 bits per heavy atom. The van der Waals surface area contributed by atoms with E-state index in [0.717, 1.165) is 62.1 Å². The molecule has 0 amide bonds. The van der Waals surface area contributed by atoms with Crippen LogP contribution < -0.4 is 21.5 Å². The summed E-state index contributed by atoms with van der Waals surface area (Å²) in [6, 6.07) is 27.0. The van der Waals surface area contributed by atoms with Crippen molar-refractivity contribution in [3.63, 3.8) is 0 Å². The first kappa shape index (κ1) is 21.2. The number of anilines is 3. The van der Waals surface area contributed by atoms with Crippen molar-refractivity contribution in [3.8, 4) is 22.9 Å². The molecular weight excluding hydrogens is 422 g/mol. The van der Waals surface area contributed by atoms with Gasteiger partial charge in [0, 0.05) is 28.3 Å². The SMILES string of the molecule is C=C(Nc1ccc(N)cc1C)c1ccc(Oc2ccc(-c3nc4ccc(N)cc4[nH]3)cc2)cc1. The molecular formula is C28H25N5O. The van der Waals surface area contributed by atoms with E-state index in [1.54, 1.807) is 0 Å². The number of benzene rings is 4. The van der Waals surface area contributed by atoms with Crippen molar-refractivity contribution in [2.24, 2.45) is 0 Å². The zero-order valence-corrected chi connectivity index (χ0v) is 18.8. The molecule has 6 nitrogen and oxygen atoms in total. The Morgan fingerprint density at radius 1 is 0.853 bits per heavy atom. The third-order valence-corrected chi connectivity index (χ3v) is 5.61. The van der Waals surface area contributed by atoms with Crippen molar-refractivity contribution in [1.82, 2.24) is 9.97 Å². The molecule has 0 spiro atoms. The predicted molar refractivity (Wildman–Crippen MR) is 141 cm³/mol. The largest absolute Gasteiger partial charge is 0.457 e.